The molecule has 0 radical (unpaired) electrons. The van der Waals surface area contributed by atoms with Crippen molar-refractivity contribution in [2.45, 2.75) is 37.1 Å². The van der Waals surface area contributed by atoms with Crippen LogP contribution in [-0.2, 0) is 21.2 Å². The van der Waals surface area contributed by atoms with Gasteiger partial charge in [0, 0.05) is 17.6 Å². The number of nitrogens with one attached hydrogen (secondary N) is 1. The van der Waals surface area contributed by atoms with Crippen LogP contribution in [0.5, 0.6) is 5.75 Å². The normalized spacial score (nSPS) is 11.4. The summed E-state index contributed by atoms with van der Waals surface area (Å²) in [5.41, 5.74) is 2.49. The summed E-state index contributed by atoms with van der Waals surface area (Å²) < 4.78 is 33.5. The lowest BCUT2D eigenvalue weighted by atomic mass is 10.1. The third-order valence-corrected chi connectivity index (χ3v) is 7.54. The summed E-state index contributed by atoms with van der Waals surface area (Å²) in [6, 6.07) is 14.7. The first-order valence-corrected chi connectivity index (χ1v) is 12.4. The third kappa shape index (κ3) is 4.81. The molecule has 2 aromatic carbocycles. The largest absolute Gasteiger partial charge is 0.497 e. The summed E-state index contributed by atoms with van der Waals surface area (Å²) >= 11 is 0. The molecule has 0 aliphatic heterocycles. The average molecular weight is 492 g/mol. The van der Waals surface area contributed by atoms with Gasteiger partial charge >= 0.3 is 0 Å². The SMILES string of the molecule is COc1ccc(NC(=O)Cn2cc(S(=O)(=O)c3ccc(C)c(C)c3)c(=O)c3ccc(C)nc32)cc1. The number of ether oxygens (including phenoxy) is 1. The number of anilines is 1. The number of methoxy groups -OCH3 is 1. The zero-order valence-corrected chi connectivity index (χ0v) is 20.6. The highest BCUT2D eigenvalue weighted by molar-refractivity contribution is 7.91. The monoisotopic (exact) mass is 491 g/mol. The summed E-state index contributed by atoms with van der Waals surface area (Å²) in [5.74, 6) is 0.244. The lowest BCUT2D eigenvalue weighted by Crippen LogP contribution is -2.24. The van der Waals surface area contributed by atoms with Crippen LogP contribution < -0.4 is 15.5 Å². The second kappa shape index (κ2) is 9.34. The van der Waals surface area contributed by atoms with Crippen molar-refractivity contribution < 1.29 is 17.9 Å². The first kappa shape index (κ1) is 24.2. The Labute approximate surface area is 203 Å². The highest BCUT2D eigenvalue weighted by Gasteiger charge is 2.25. The van der Waals surface area contributed by atoms with Gasteiger partial charge < -0.3 is 14.6 Å². The molecule has 0 bridgehead atoms. The predicted molar refractivity (Wildman–Crippen MR) is 134 cm³/mol. The van der Waals surface area contributed by atoms with Crippen LogP contribution in [0.2, 0.25) is 0 Å². The maximum atomic E-state index is 13.5. The Morgan fingerprint density at radius 2 is 1.71 bits per heavy atom. The standard InChI is InChI=1S/C26H25N3O5S/c1-16-5-11-21(13-17(16)2)35(32,33)23-14-29(26-22(25(23)31)12-6-18(3)27-26)15-24(30)28-19-7-9-20(34-4)10-8-19/h5-14H,15H2,1-4H3,(H,28,30). The van der Waals surface area contributed by atoms with Crippen LogP contribution in [-0.4, -0.2) is 31.0 Å². The summed E-state index contributed by atoms with van der Waals surface area (Å²) in [6.07, 6.45) is 1.20. The van der Waals surface area contributed by atoms with Crippen molar-refractivity contribution >= 4 is 32.5 Å². The molecule has 0 fully saturated rings. The number of carbonyl (C=O) groups is 1. The molecule has 0 saturated heterocycles. The molecule has 1 N–H and O–H groups in total. The van der Waals surface area contributed by atoms with Gasteiger partial charge in [-0.2, -0.15) is 0 Å². The third-order valence-electron chi connectivity index (χ3n) is 5.79. The zero-order valence-electron chi connectivity index (χ0n) is 19.8. The van der Waals surface area contributed by atoms with Gasteiger partial charge in [-0.25, -0.2) is 13.4 Å². The molecule has 2 heterocycles. The molecule has 0 aliphatic carbocycles. The second-order valence-corrected chi connectivity index (χ2v) is 10.2. The number of sulfone groups is 1. The van der Waals surface area contributed by atoms with Crippen molar-refractivity contribution in [3.63, 3.8) is 0 Å². The molecular weight excluding hydrogens is 466 g/mol. The topological polar surface area (TPSA) is 107 Å². The summed E-state index contributed by atoms with van der Waals surface area (Å²) in [7, 11) is -2.59. The van der Waals surface area contributed by atoms with E-state index in [-0.39, 0.29) is 22.5 Å². The highest BCUT2D eigenvalue weighted by atomic mass is 32.2. The quantitative estimate of drug-likeness (QED) is 0.440. The second-order valence-electron chi connectivity index (χ2n) is 8.30. The fraction of sp³-hybridized carbons (Fsp3) is 0.192. The minimum absolute atomic E-state index is 0.0198. The van der Waals surface area contributed by atoms with E-state index >= 15 is 0 Å². The van der Waals surface area contributed by atoms with Crippen molar-refractivity contribution in [1.29, 1.82) is 0 Å². The molecule has 0 saturated carbocycles. The molecule has 2 aromatic heterocycles. The minimum Gasteiger partial charge on any atom is -0.497 e. The number of hydrogen-bond acceptors (Lipinski definition) is 6. The van der Waals surface area contributed by atoms with Gasteiger partial charge in [0.25, 0.3) is 0 Å². The van der Waals surface area contributed by atoms with Gasteiger partial charge in [-0.3, -0.25) is 9.59 Å². The zero-order chi connectivity index (χ0) is 25.3. The molecule has 0 unspecified atom stereocenters. The molecule has 9 heteroatoms. The van der Waals surface area contributed by atoms with E-state index < -0.39 is 26.1 Å². The van der Waals surface area contributed by atoms with Gasteiger partial charge in [0.15, 0.2) is 0 Å². The number of hydrogen-bond donors (Lipinski definition) is 1. The van der Waals surface area contributed by atoms with Crippen molar-refractivity contribution in [1.82, 2.24) is 9.55 Å². The Kier molecular flexibility index (Phi) is 6.45. The Bertz CT molecular complexity index is 1610. The molecular formula is C26H25N3O5S. The maximum Gasteiger partial charge on any atom is 0.244 e. The summed E-state index contributed by atoms with van der Waals surface area (Å²) in [6.45, 7) is 5.20. The van der Waals surface area contributed by atoms with Crippen LogP contribution in [0.25, 0.3) is 11.0 Å². The van der Waals surface area contributed by atoms with Crippen LogP contribution >= 0.6 is 0 Å². The summed E-state index contributed by atoms with van der Waals surface area (Å²) in [5, 5.41) is 2.89. The van der Waals surface area contributed by atoms with E-state index in [4.69, 9.17) is 4.74 Å². The highest BCUT2D eigenvalue weighted by Crippen LogP contribution is 2.23. The molecule has 8 nitrogen and oxygen atoms in total. The van der Waals surface area contributed by atoms with Crippen LogP contribution in [0.1, 0.15) is 16.8 Å². The fourth-order valence-electron chi connectivity index (χ4n) is 3.68. The van der Waals surface area contributed by atoms with Crippen LogP contribution in [0, 0.1) is 20.8 Å². The maximum absolute atomic E-state index is 13.5. The lowest BCUT2D eigenvalue weighted by Gasteiger charge is -2.14. The van der Waals surface area contributed by atoms with Crippen LogP contribution in [0.15, 0.2) is 75.4 Å². The first-order chi connectivity index (χ1) is 16.6. The van der Waals surface area contributed by atoms with Gasteiger partial charge in [-0.1, -0.05) is 6.07 Å². The van der Waals surface area contributed by atoms with E-state index in [1.165, 1.54) is 22.9 Å². The number of carbonyl (C=O) groups excluding carboxylic acids is 1. The van der Waals surface area contributed by atoms with Gasteiger partial charge in [0.05, 0.1) is 17.4 Å². The molecule has 0 spiro atoms. The number of benzene rings is 2. The van der Waals surface area contributed by atoms with Crippen LogP contribution in [0.3, 0.4) is 0 Å². The molecule has 0 atom stereocenters. The Hall–Kier alpha value is -3.98. The van der Waals surface area contributed by atoms with E-state index in [1.807, 2.05) is 13.8 Å². The molecule has 0 aliphatic rings. The van der Waals surface area contributed by atoms with Gasteiger partial charge in [-0.05, 0) is 80.4 Å². The van der Waals surface area contributed by atoms with Gasteiger partial charge in [-0.15, -0.1) is 0 Å². The Morgan fingerprint density at radius 1 is 1.00 bits per heavy atom. The van der Waals surface area contributed by atoms with Crippen LogP contribution in [0.4, 0.5) is 5.69 Å². The first-order valence-electron chi connectivity index (χ1n) is 10.9. The Morgan fingerprint density at radius 3 is 2.37 bits per heavy atom. The van der Waals surface area contributed by atoms with E-state index in [1.54, 1.807) is 56.5 Å². The summed E-state index contributed by atoms with van der Waals surface area (Å²) in [4.78, 5) is 30.1. The lowest BCUT2D eigenvalue weighted by molar-refractivity contribution is -0.116. The van der Waals surface area contributed by atoms with E-state index in [9.17, 15) is 18.0 Å². The van der Waals surface area contributed by atoms with Crippen molar-refractivity contribution in [3.8, 4) is 5.75 Å². The van der Waals surface area contributed by atoms with Gasteiger partial charge in [0.1, 0.15) is 22.8 Å². The van der Waals surface area contributed by atoms with Gasteiger partial charge in [0.2, 0.25) is 21.2 Å². The number of aromatic nitrogens is 2. The Balaban J connectivity index is 1.79. The molecule has 180 valence electrons. The molecule has 35 heavy (non-hydrogen) atoms. The van der Waals surface area contributed by atoms with Crippen molar-refractivity contribution in [2.75, 3.05) is 12.4 Å². The number of rotatable bonds is 6. The molecule has 4 rings (SSSR count). The number of fused-ring (bicyclic) bond motifs is 1. The number of amides is 1. The van der Waals surface area contributed by atoms with E-state index in [0.717, 1.165) is 11.1 Å². The average Bonchev–Trinajstić information content (AvgIpc) is 2.82. The fourth-order valence-corrected chi connectivity index (χ4v) is 5.14. The molecule has 1 amide bonds. The van der Waals surface area contributed by atoms with Crippen molar-refractivity contribution in [2.24, 2.45) is 0 Å². The predicted octanol–water partition coefficient (Wildman–Crippen LogP) is 3.80. The number of pyridine rings is 2. The van der Waals surface area contributed by atoms with Crippen molar-refractivity contribution in [3.05, 3.63) is 87.8 Å². The van der Waals surface area contributed by atoms with E-state index in [2.05, 4.69) is 10.3 Å². The number of aryl methyl sites for hydroxylation is 3. The van der Waals surface area contributed by atoms with E-state index in [0.29, 0.717) is 17.1 Å². The number of nitrogens with zero attached hydrogens (tertiary/aromatic N) is 2. The molecule has 4 aromatic rings. The smallest absolute Gasteiger partial charge is 0.244 e. The minimum atomic E-state index is -4.14.